The molecule has 0 amide bonds. The van der Waals surface area contributed by atoms with Crippen molar-refractivity contribution in [1.29, 1.82) is 0 Å². The number of fused-ring (bicyclic) bond motifs is 2. The van der Waals surface area contributed by atoms with E-state index in [9.17, 15) is 5.11 Å². The number of hydrogen-bond acceptors (Lipinski definition) is 2. The summed E-state index contributed by atoms with van der Waals surface area (Å²) in [6, 6.07) is 2.00. The lowest BCUT2D eigenvalue weighted by Gasteiger charge is -2.47. The summed E-state index contributed by atoms with van der Waals surface area (Å²) in [5.74, 6) is 0.464. The highest BCUT2D eigenvalue weighted by Crippen LogP contribution is 2.53. The minimum absolute atomic E-state index is 0.385. The molecule has 1 aromatic carbocycles. The smallest absolute Gasteiger partial charge is 0.119 e. The van der Waals surface area contributed by atoms with Gasteiger partial charge in [-0.25, -0.2) is 0 Å². The molecule has 2 nitrogen and oxygen atoms in total. The fourth-order valence-corrected chi connectivity index (χ4v) is 3.23. The molecule has 0 bridgehead atoms. The molecule has 1 aliphatic heterocycles. The Morgan fingerprint density at radius 1 is 1.19 bits per heavy atom. The van der Waals surface area contributed by atoms with E-state index in [1.54, 1.807) is 0 Å². The normalized spacial score (nSPS) is 21.1. The van der Waals surface area contributed by atoms with Crippen molar-refractivity contribution < 1.29 is 5.11 Å². The van der Waals surface area contributed by atoms with Gasteiger partial charge in [0.15, 0.2) is 0 Å². The summed E-state index contributed by atoms with van der Waals surface area (Å²) in [7, 11) is 0. The topological polar surface area (TPSA) is 32.3 Å². The zero-order valence-electron chi connectivity index (χ0n) is 10.1. The minimum atomic E-state index is 0.385. The van der Waals surface area contributed by atoms with Crippen LogP contribution in [-0.4, -0.2) is 11.7 Å². The Labute approximate surface area is 96.7 Å². The number of anilines is 1. The van der Waals surface area contributed by atoms with Gasteiger partial charge in [-0.3, -0.25) is 0 Å². The van der Waals surface area contributed by atoms with Crippen LogP contribution in [0.15, 0.2) is 6.07 Å². The molecule has 2 aliphatic rings. The molecule has 1 heterocycles. The number of hydrogen-bond donors (Lipinski definition) is 2. The van der Waals surface area contributed by atoms with Crippen LogP contribution in [-0.2, 0) is 5.41 Å². The molecule has 2 N–H and O–H groups in total. The predicted octanol–water partition coefficient (Wildman–Crippen LogP) is 3.25. The summed E-state index contributed by atoms with van der Waals surface area (Å²) >= 11 is 0. The van der Waals surface area contributed by atoms with Gasteiger partial charge < -0.3 is 10.4 Å². The van der Waals surface area contributed by atoms with Gasteiger partial charge in [-0.05, 0) is 61.3 Å². The third kappa shape index (κ3) is 1.13. The van der Waals surface area contributed by atoms with Gasteiger partial charge in [-0.1, -0.05) is 6.42 Å². The van der Waals surface area contributed by atoms with Crippen LogP contribution in [0, 0.1) is 13.8 Å². The Bertz CT molecular complexity index is 447. The third-order valence-electron chi connectivity index (χ3n) is 4.66. The largest absolute Gasteiger partial charge is 0.508 e. The van der Waals surface area contributed by atoms with Crippen LogP contribution in [0.1, 0.15) is 42.4 Å². The lowest BCUT2D eigenvalue weighted by atomic mass is 9.60. The van der Waals surface area contributed by atoms with E-state index in [-0.39, 0.29) is 0 Å². The number of phenolic OH excluding ortho intramolecular Hbond substituents is 1. The highest BCUT2D eigenvalue weighted by molar-refractivity contribution is 5.67. The molecule has 1 aromatic rings. The van der Waals surface area contributed by atoms with Gasteiger partial charge in [0, 0.05) is 12.2 Å². The molecule has 1 fully saturated rings. The van der Waals surface area contributed by atoms with Gasteiger partial charge in [0.2, 0.25) is 0 Å². The zero-order chi connectivity index (χ0) is 11.3. The fourth-order valence-electron chi connectivity index (χ4n) is 3.23. The van der Waals surface area contributed by atoms with Gasteiger partial charge in [-0.15, -0.1) is 0 Å². The van der Waals surface area contributed by atoms with Gasteiger partial charge >= 0.3 is 0 Å². The standard InChI is InChI=1S/C14H19NO/c1-9-10(2)13-11(8-12(9)16)14(4-3-5-14)6-7-15-13/h8,15-16H,3-7H2,1-2H3. The molecule has 1 saturated carbocycles. The van der Waals surface area contributed by atoms with Crippen molar-refractivity contribution in [2.24, 2.45) is 0 Å². The number of nitrogens with one attached hydrogen (secondary N) is 1. The first-order valence-corrected chi connectivity index (χ1v) is 6.22. The van der Waals surface area contributed by atoms with Gasteiger partial charge in [0.25, 0.3) is 0 Å². The van der Waals surface area contributed by atoms with E-state index < -0.39 is 0 Å². The van der Waals surface area contributed by atoms with Crippen molar-refractivity contribution in [2.75, 3.05) is 11.9 Å². The van der Waals surface area contributed by atoms with Crippen molar-refractivity contribution in [1.82, 2.24) is 0 Å². The molecule has 0 radical (unpaired) electrons. The summed E-state index contributed by atoms with van der Waals surface area (Å²) in [6.45, 7) is 5.19. The van der Waals surface area contributed by atoms with Crippen molar-refractivity contribution in [2.45, 2.75) is 44.9 Å². The monoisotopic (exact) mass is 217 g/mol. The van der Waals surface area contributed by atoms with E-state index in [1.165, 1.54) is 42.5 Å². The third-order valence-corrected chi connectivity index (χ3v) is 4.66. The Kier molecular flexibility index (Phi) is 1.97. The molecular formula is C14H19NO. The van der Waals surface area contributed by atoms with Crippen LogP contribution in [0.3, 0.4) is 0 Å². The quantitative estimate of drug-likeness (QED) is 0.654. The highest BCUT2D eigenvalue weighted by atomic mass is 16.3. The summed E-state index contributed by atoms with van der Waals surface area (Å²) < 4.78 is 0. The molecule has 0 unspecified atom stereocenters. The summed E-state index contributed by atoms with van der Waals surface area (Å²) in [6.07, 6.45) is 5.16. The van der Waals surface area contributed by atoms with Gasteiger partial charge in [0.1, 0.15) is 5.75 Å². The fraction of sp³-hybridized carbons (Fsp3) is 0.571. The maximum atomic E-state index is 9.98. The van der Waals surface area contributed by atoms with E-state index in [0.717, 1.165) is 12.1 Å². The average molecular weight is 217 g/mol. The lowest BCUT2D eigenvalue weighted by Crippen LogP contribution is -2.40. The summed E-state index contributed by atoms with van der Waals surface area (Å²) in [5, 5.41) is 13.5. The maximum Gasteiger partial charge on any atom is 0.119 e. The Hall–Kier alpha value is -1.18. The summed E-state index contributed by atoms with van der Waals surface area (Å²) in [5.41, 5.74) is 5.28. The SMILES string of the molecule is Cc1c(O)cc2c(c1C)NCCC21CCC1. The van der Waals surface area contributed by atoms with Crippen LogP contribution in [0.5, 0.6) is 5.75 Å². The number of benzene rings is 1. The highest BCUT2D eigenvalue weighted by Gasteiger charge is 2.42. The first-order chi connectivity index (χ1) is 7.64. The molecule has 1 aliphatic carbocycles. The number of phenols is 1. The van der Waals surface area contributed by atoms with Crippen molar-refractivity contribution in [3.8, 4) is 5.75 Å². The van der Waals surface area contributed by atoms with E-state index in [2.05, 4.69) is 12.2 Å². The van der Waals surface area contributed by atoms with Gasteiger partial charge in [-0.2, -0.15) is 0 Å². The molecule has 2 heteroatoms. The zero-order valence-corrected chi connectivity index (χ0v) is 10.1. The predicted molar refractivity (Wildman–Crippen MR) is 66.2 cm³/mol. The first kappa shape index (κ1) is 10.0. The van der Waals surface area contributed by atoms with E-state index in [0.29, 0.717) is 11.2 Å². The molecule has 0 saturated heterocycles. The van der Waals surface area contributed by atoms with Crippen LogP contribution < -0.4 is 5.32 Å². The summed E-state index contributed by atoms with van der Waals surface area (Å²) in [4.78, 5) is 0. The maximum absolute atomic E-state index is 9.98. The lowest BCUT2D eigenvalue weighted by molar-refractivity contribution is 0.226. The van der Waals surface area contributed by atoms with Crippen LogP contribution in [0.4, 0.5) is 5.69 Å². The van der Waals surface area contributed by atoms with E-state index in [1.807, 2.05) is 13.0 Å². The molecular weight excluding hydrogens is 198 g/mol. The molecule has 16 heavy (non-hydrogen) atoms. The first-order valence-electron chi connectivity index (χ1n) is 6.22. The Morgan fingerprint density at radius 3 is 2.56 bits per heavy atom. The molecule has 86 valence electrons. The molecule has 0 aromatic heterocycles. The second-order valence-electron chi connectivity index (χ2n) is 5.38. The van der Waals surface area contributed by atoms with E-state index in [4.69, 9.17) is 0 Å². The Morgan fingerprint density at radius 2 is 1.94 bits per heavy atom. The molecule has 0 atom stereocenters. The molecule has 3 rings (SSSR count). The van der Waals surface area contributed by atoms with Crippen molar-refractivity contribution in [3.63, 3.8) is 0 Å². The van der Waals surface area contributed by atoms with Crippen molar-refractivity contribution in [3.05, 3.63) is 22.8 Å². The second kappa shape index (κ2) is 3.16. The second-order valence-corrected chi connectivity index (χ2v) is 5.38. The molecule has 1 spiro atoms. The minimum Gasteiger partial charge on any atom is -0.508 e. The van der Waals surface area contributed by atoms with Crippen LogP contribution in [0.25, 0.3) is 0 Å². The number of rotatable bonds is 0. The van der Waals surface area contributed by atoms with Crippen LogP contribution in [0.2, 0.25) is 0 Å². The average Bonchev–Trinajstić information content (AvgIpc) is 2.23. The van der Waals surface area contributed by atoms with Crippen LogP contribution >= 0.6 is 0 Å². The van der Waals surface area contributed by atoms with Crippen molar-refractivity contribution >= 4 is 5.69 Å². The van der Waals surface area contributed by atoms with Gasteiger partial charge in [0.05, 0.1) is 0 Å². The van der Waals surface area contributed by atoms with E-state index >= 15 is 0 Å². The number of aromatic hydroxyl groups is 1. The Balaban J connectivity index is 2.21.